The Morgan fingerprint density at radius 2 is 2.33 bits per heavy atom. The molecule has 0 radical (unpaired) electrons. The summed E-state index contributed by atoms with van der Waals surface area (Å²) in [5.74, 6) is 0.797. The predicted molar refractivity (Wildman–Crippen MR) is 80.8 cm³/mol. The number of anilines is 1. The van der Waals surface area contributed by atoms with Crippen molar-refractivity contribution in [3.8, 4) is 5.75 Å². The van der Waals surface area contributed by atoms with Gasteiger partial charge < -0.3 is 15.4 Å². The Bertz CT molecular complexity index is 640. The largest absolute Gasteiger partial charge is 0.493 e. The van der Waals surface area contributed by atoms with Crippen molar-refractivity contribution < 1.29 is 9.13 Å². The number of nitrogen functional groups attached to an aromatic ring is 1. The van der Waals surface area contributed by atoms with E-state index in [1.54, 1.807) is 6.07 Å². The molecule has 1 saturated heterocycles. The summed E-state index contributed by atoms with van der Waals surface area (Å²) in [6, 6.07) is 3.69. The van der Waals surface area contributed by atoms with Gasteiger partial charge in [0.1, 0.15) is 11.6 Å². The van der Waals surface area contributed by atoms with Crippen molar-refractivity contribution in [2.75, 3.05) is 25.4 Å². The first-order chi connectivity index (χ1) is 10.0. The Hall–Kier alpha value is -1.82. The monoisotopic (exact) mass is 292 g/mol. The van der Waals surface area contributed by atoms with Crippen LogP contribution in [0.3, 0.4) is 0 Å². The third-order valence-corrected chi connectivity index (χ3v) is 4.15. The third kappa shape index (κ3) is 2.81. The van der Waals surface area contributed by atoms with Gasteiger partial charge in [0, 0.05) is 30.6 Å². The lowest BCUT2D eigenvalue weighted by Gasteiger charge is -2.20. The lowest BCUT2D eigenvalue weighted by atomic mass is 10.1. The number of nitrogens with one attached hydrogen (secondary N) is 1. The van der Waals surface area contributed by atoms with Gasteiger partial charge in [-0.25, -0.2) is 4.39 Å². The van der Waals surface area contributed by atoms with Crippen LogP contribution in [0.2, 0.25) is 0 Å². The number of hydrogen-bond donors (Lipinski definition) is 2. The smallest absolute Gasteiger partial charge is 0.156 e. The fourth-order valence-electron chi connectivity index (χ4n) is 2.87. The average molecular weight is 292 g/mol. The number of likely N-dealkylation sites (tertiary alicyclic amines) is 1. The molecule has 1 aromatic heterocycles. The summed E-state index contributed by atoms with van der Waals surface area (Å²) in [5.41, 5.74) is 6.18. The Labute approximate surface area is 123 Å². The van der Waals surface area contributed by atoms with E-state index in [4.69, 9.17) is 10.5 Å². The summed E-state index contributed by atoms with van der Waals surface area (Å²) >= 11 is 0. The van der Waals surface area contributed by atoms with Gasteiger partial charge in [0.15, 0.2) is 5.82 Å². The highest BCUT2D eigenvalue weighted by Gasteiger charge is 2.24. The van der Waals surface area contributed by atoms with E-state index in [9.17, 15) is 4.39 Å². The minimum absolute atomic E-state index is 0.178. The van der Waals surface area contributed by atoms with Gasteiger partial charge >= 0.3 is 0 Å². The number of hydrogen-bond acceptors (Lipinski definition) is 4. The van der Waals surface area contributed by atoms with Crippen LogP contribution in [0, 0.1) is 11.7 Å². The molecule has 3 rings (SSSR count). The van der Waals surface area contributed by atoms with Crippen LogP contribution in [-0.2, 0) is 0 Å². The zero-order chi connectivity index (χ0) is 15.0. The second kappa shape index (κ2) is 5.52. The van der Waals surface area contributed by atoms with E-state index in [2.05, 4.69) is 28.9 Å². The van der Waals surface area contributed by atoms with Gasteiger partial charge in [-0.05, 0) is 26.8 Å². The summed E-state index contributed by atoms with van der Waals surface area (Å²) in [6.45, 7) is 7.16. The maximum Gasteiger partial charge on any atom is 0.156 e. The van der Waals surface area contributed by atoms with Crippen LogP contribution in [0.15, 0.2) is 12.1 Å². The summed E-state index contributed by atoms with van der Waals surface area (Å²) in [7, 11) is 0. The zero-order valence-corrected chi connectivity index (χ0v) is 12.4. The quantitative estimate of drug-likeness (QED) is 0.908. The molecule has 2 heterocycles. The molecule has 0 aliphatic carbocycles. The number of aromatic nitrogens is 2. The van der Waals surface area contributed by atoms with Crippen molar-refractivity contribution >= 4 is 16.7 Å². The van der Waals surface area contributed by atoms with Gasteiger partial charge in [0.05, 0.1) is 17.5 Å². The van der Waals surface area contributed by atoms with E-state index in [1.165, 1.54) is 6.07 Å². The topological polar surface area (TPSA) is 67.2 Å². The Kier molecular flexibility index (Phi) is 3.71. The first-order valence-electron chi connectivity index (χ1n) is 7.34. The van der Waals surface area contributed by atoms with E-state index >= 15 is 0 Å². The molecular weight excluding hydrogens is 271 g/mol. The van der Waals surface area contributed by atoms with Gasteiger partial charge in [-0.3, -0.25) is 5.10 Å². The maximum absolute atomic E-state index is 14.0. The molecule has 1 fully saturated rings. The van der Waals surface area contributed by atoms with Gasteiger partial charge in [-0.15, -0.1) is 0 Å². The minimum Gasteiger partial charge on any atom is -0.493 e. The molecule has 1 unspecified atom stereocenters. The third-order valence-electron chi connectivity index (χ3n) is 4.15. The number of rotatable bonds is 4. The number of fused-ring (bicyclic) bond motifs is 1. The SMILES string of the molecule is CC(C)N1CCC(COc2cc(F)c3c(N)n[nH]c3c2)C1. The molecule has 1 atom stereocenters. The zero-order valence-electron chi connectivity index (χ0n) is 12.4. The number of benzene rings is 1. The molecule has 6 heteroatoms. The first-order valence-corrected chi connectivity index (χ1v) is 7.34. The first kappa shape index (κ1) is 14.1. The molecule has 0 spiro atoms. The molecule has 1 aromatic carbocycles. The van der Waals surface area contributed by atoms with Crippen LogP contribution < -0.4 is 10.5 Å². The molecule has 114 valence electrons. The Balaban J connectivity index is 1.66. The summed E-state index contributed by atoms with van der Waals surface area (Å²) in [5, 5.41) is 6.86. The molecule has 2 aromatic rings. The van der Waals surface area contributed by atoms with Crippen molar-refractivity contribution in [3.63, 3.8) is 0 Å². The Morgan fingerprint density at radius 3 is 3.05 bits per heavy atom. The molecule has 1 aliphatic heterocycles. The number of aromatic amines is 1. The lowest BCUT2D eigenvalue weighted by Crippen LogP contribution is -2.29. The van der Waals surface area contributed by atoms with Crippen molar-refractivity contribution in [2.45, 2.75) is 26.3 Å². The van der Waals surface area contributed by atoms with Crippen molar-refractivity contribution in [2.24, 2.45) is 5.92 Å². The molecule has 5 nitrogen and oxygen atoms in total. The van der Waals surface area contributed by atoms with Gasteiger partial charge in [-0.1, -0.05) is 0 Å². The second-order valence-electron chi connectivity index (χ2n) is 5.99. The number of halogens is 1. The van der Waals surface area contributed by atoms with Crippen LogP contribution >= 0.6 is 0 Å². The van der Waals surface area contributed by atoms with Crippen molar-refractivity contribution in [1.82, 2.24) is 15.1 Å². The number of H-pyrrole nitrogens is 1. The summed E-state index contributed by atoms with van der Waals surface area (Å²) in [4.78, 5) is 2.44. The molecule has 0 bridgehead atoms. The second-order valence-corrected chi connectivity index (χ2v) is 5.99. The fourth-order valence-corrected chi connectivity index (χ4v) is 2.87. The van der Waals surface area contributed by atoms with Gasteiger partial charge in [0.25, 0.3) is 0 Å². The van der Waals surface area contributed by atoms with Crippen LogP contribution in [0.4, 0.5) is 10.2 Å². The molecule has 3 N–H and O–H groups in total. The normalized spacial score (nSPS) is 19.7. The minimum atomic E-state index is -0.399. The molecule has 0 amide bonds. The van der Waals surface area contributed by atoms with Crippen LogP contribution in [0.25, 0.3) is 10.9 Å². The average Bonchev–Trinajstić information content (AvgIpc) is 3.04. The number of nitrogens with two attached hydrogens (primary N) is 1. The number of nitrogens with zero attached hydrogens (tertiary/aromatic N) is 2. The Morgan fingerprint density at radius 1 is 1.52 bits per heavy atom. The number of ether oxygens (including phenoxy) is 1. The summed E-state index contributed by atoms with van der Waals surface area (Å²) in [6.07, 6.45) is 1.12. The van der Waals surface area contributed by atoms with Gasteiger partial charge in [-0.2, -0.15) is 5.10 Å². The predicted octanol–water partition coefficient (Wildman–Crippen LogP) is 2.39. The van der Waals surface area contributed by atoms with Crippen molar-refractivity contribution in [1.29, 1.82) is 0 Å². The molecule has 0 saturated carbocycles. The highest BCUT2D eigenvalue weighted by molar-refractivity contribution is 5.90. The summed E-state index contributed by atoms with van der Waals surface area (Å²) < 4.78 is 19.7. The highest BCUT2D eigenvalue weighted by Crippen LogP contribution is 2.27. The van der Waals surface area contributed by atoms with Crippen molar-refractivity contribution in [3.05, 3.63) is 17.9 Å². The van der Waals surface area contributed by atoms with E-state index in [0.29, 0.717) is 35.2 Å². The van der Waals surface area contributed by atoms with Crippen LogP contribution in [-0.4, -0.2) is 40.8 Å². The molecule has 21 heavy (non-hydrogen) atoms. The maximum atomic E-state index is 14.0. The fraction of sp³-hybridized carbons (Fsp3) is 0.533. The van der Waals surface area contributed by atoms with E-state index in [0.717, 1.165) is 19.5 Å². The molecule has 1 aliphatic rings. The standard InChI is InChI=1S/C15H21FN4O/c1-9(2)20-4-3-10(7-20)8-21-11-5-12(16)14-13(6-11)18-19-15(14)17/h5-6,9-10H,3-4,7-8H2,1-2H3,(H3,17,18,19). The van der Waals surface area contributed by atoms with Gasteiger partial charge in [0.2, 0.25) is 0 Å². The van der Waals surface area contributed by atoms with Crippen LogP contribution in [0.1, 0.15) is 20.3 Å². The van der Waals surface area contributed by atoms with E-state index < -0.39 is 5.82 Å². The lowest BCUT2D eigenvalue weighted by molar-refractivity contribution is 0.223. The molecular formula is C15H21FN4O. The van der Waals surface area contributed by atoms with E-state index in [1.807, 2.05) is 0 Å². The highest BCUT2D eigenvalue weighted by atomic mass is 19.1. The van der Waals surface area contributed by atoms with E-state index in [-0.39, 0.29) is 5.82 Å². The van der Waals surface area contributed by atoms with Crippen LogP contribution in [0.5, 0.6) is 5.75 Å².